The lowest BCUT2D eigenvalue weighted by atomic mass is 10.2. The van der Waals surface area contributed by atoms with Crippen molar-refractivity contribution in [2.24, 2.45) is 5.73 Å². The van der Waals surface area contributed by atoms with Crippen LogP contribution < -0.4 is 11.1 Å². The van der Waals surface area contributed by atoms with Crippen molar-refractivity contribution in [1.29, 1.82) is 0 Å². The fourth-order valence-corrected chi connectivity index (χ4v) is 2.01. The summed E-state index contributed by atoms with van der Waals surface area (Å²) in [4.78, 5) is 0. The molecule has 1 heterocycles. The Morgan fingerprint density at radius 2 is 2.12 bits per heavy atom. The molecule has 0 aliphatic carbocycles. The van der Waals surface area contributed by atoms with Gasteiger partial charge in [-0.1, -0.05) is 23.7 Å². The Labute approximate surface area is 101 Å². The summed E-state index contributed by atoms with van der Waals surface area (Å²) in [5, 5.41) is 4.09. The van der Waals surface area contributed by atoms with E-state index in [1.165, 1.54) is 0 Å². The first-order valence-electron chi connectivity index (χ1n) is 5.57. The van der Waals surface area contributed by atoms with Crippen molar-refractivity contribution < 1.29 is 4.74 Å². The summed E-state index contributed by atoms with van der Waals surface area (Å²) in [6.07, 6.45) is 1.29. The minimum atomic E-state index is 0.282. The minimum absolute atomic E-state index is 0.282. The van der Waals surface area contributed by atoms with E-state index in [0.717, 1.165) is 23.6 Å². The van der Waals surface area contributed by atoms with E-state index >= 15 is 0 Å². The highest BCUT2D eigenvalue weighted by Gasteiger charge is 2.23. The highest BCUT2D eigenvalue weighted by molar-refractivity contribution is 6.30. The van der Waals surface area contributed by atoms with Gasteiger partial charge in [-0.05, 0) is 24.1 Å². The van der Waals surface area contributed by atoms with Crippen molar-refractivity contribution in [3.8, 4) is 0 Å². The first kappa shape index (κ1) is 11.9. The Hall–Kier alpha value is -0.610. The number of hydrogen-bond acceptors (Lipinski definition) is 3. The molecule has 0 saturated carbocycles. The van der Waals surface area contributed by atoms with Crippen LogP contribution in [-0.2, 0) is 11.3 Å². The maximum absolute atomic E-state index is 5.81. The molecule has 1 aromatic carbocycles. The molecule has 88 valence electrons. The molecule has 0 unspecified atom stereocenters. The topological polar surface area (TPSA) is 47.3 Å². The number of ether oxygens (including phenoxy) is 1. The first-order chi connectivity index (χ1) is 7.78. The van der Waals surface area contributed by atoms with Gasteiger partial charge >= 0.3 is 0 Å². The van der Waals surface area contributed by atoms with Crippen LogP contribution in [0.4, 0.5) is 0 Å². The first-order valence-corrected chi connectivity index (χ1v) is 5.95. The predicted molar refractivity (Wildman–Crippen MR) is 65.5 cm³/mol. The molecular weight excluding hydrogens is 224 g/mol. The molecule has 1 aromatic rings. The van der Waals surface area contributed by atoms with Gasteiger partial charge in [-0.3, -0.25) is 0 Å². The molecule has 0 amide bonds. The monoisotopic (exact) mass is 240 g/mol. The third-order valence-corrected chi connectivity index (χ3v) is 3.12. The summed E-state index contributed by atoms with van der Waals surface area (Å²) < 4.78 is 5.80. The van der Waals surface area contributed by atoms with E-state index in [0.29, 0.717) is 19.2 Å². The second-order valence-electron chi connectivity index (χ2n) is 4.14. The average molecular weight is 241 g/mol. The van der Waals surface area contributed by atoms with Gasteiger partial charge in [0.2, 0.25) is 0 Å². The Kier molecular flexibility index (Phi) is 4.18. The van der Waals surface area contributed by atoms with Crippen LogP contribution in [0.15, 0.2) is 24.3 Å². The maximum atomic E-state index is 5.81. The van der Waals surface area contributed by atoms with E-state index < -0.39 is 0 Å². The number of halogens is 1. The van der Waals surface area contributed by atoms with E-state index in [9.17, 15) is 0 Å². The van der Waals surface area contributed by atoms with Crippen molar-refractivity contribution >= 4 is 11.6 Å². The highest BCUT2D eigenvalue weighted by atomic mass is 35.5. The van der Waals surface area contributed by atoms with Gasteiger partial charge in [0.15, 0.2) is 0 Å². The van der Waals surface area contributed by atoms with Gasteiger partial charge in [0.25, 0.3) is 0 Å². The van der Waals surface area contributed by atoms with E-state index in [2.05, 4.69) is 5.32 Å². The Morgan fingerprint density at radius 3 is 2.75 bits per heavy atom. The van der Waals surface area contributed by atoms with Gasteiger partial charge in [-0.15, -0.1) is 0 Å². The molecule has 1 aliphatic rings. The Morgan fingerprint density at radius 1 is 1.38 bits per heavy atom. The fraction of sp³-hybridized carbons (Fsp3) is 0.500. The van der Waals surface area contributed by atoms with Gasteiger partial charge in [0.05, 0.1) is 12.7 Å². The van der Waals surface area contributed by atoms with E-state index in [-0.39, 0.29) is 6.10 Å². The van der Waals surface area contributed by atoms with Crippen LogP contribution in [0, 0.1) is 0 Å². The lowest BCUT2D eigenvalue weighted by Gasteiger charge is -2.11. The standard InChI is InChI=1S/C12H17ClN2O/c13-10-3-1-9(2-4-10)8-16-12-5-11(6-14)15-7-12/h1-4,11-12,15H,5-8,14H2/t11-,12+/m0/s1. The zero-order valence-corrected chi connectivity index (χ0v) is 9.91. The molecule has 3 nitrogen and oxygen atoms in total. The van der Waals surface area contributed by atoms with Crippen LogP contribution in [0.25, 0.3) is 0 Å². The van der Waals surface area contributed by atoms with Crippen LogP contribution in [0.2, 0.25) is 5.02 Å². The molecule has 4 heteroatoms. The van der Waals surface area contributed by atoms with Gasteiger partial charge < -0.3 is 15.8 Å². The summed E-state index contributed by atoms with van der Waals surface area (Å²) in [6, 6.07) is 8.16. The number of hydrogen-bond donors (Lipinski definition) is 2. The molecule has 2 rings (SSSR count). The van der Waals surface area contributed by atoms with Crippen molar-refractivity contribution in [3.63, 3.8) is 0 Å². The number of rotatable bonds is 4. The summed E-state index contributed by atoms with van der Waals surface area (Å²) in [5.41, 5.74) is 6.74. The van der Waals surface area contributed by atoms with E-state index in [1.54, 1.807) is 0 Å². The zero-order valence-electron chi connectivity index (χ0n) is 9.16. The largest absolute Gasteiger partial charge is 0.372 e. The number of benzene rings is 1. The minimum Gasteiger partial charge on any atom is -0.372 e. The third kappa shape index (κ3) is 3.19. The Balaban J connectivity index is 1.77. The quantitative estimate of drug-likeness (QED) is 0.840. The van der Waals surface area contributed by atoms with Crippen LogP contribution in [-0.4, -0.2) is 25.2 Å². The van der Waals surface area contributed by atoms with Crippen molar-refractivity contribution in [2.45, 2.75) is 25.2 Å². The van der Waals surface area contributed by atoms with Crippen LogP contribution >= 0.6 is 11.6 Å². The molecule has 0 aromatic heterocycles. The highest BCUT2D eigenvalue weighted by Crippen LogP contribution is 2.14. The summed E-state index contributed by atoms with van der Waals surface area (Å²) >= 11 is 5.81. The fourth-order valence-electron chi connectivity index (χ4n) is 1.88. The van der Waals surface area contributed by atoms with Crippen LogP contribution in [0.5, 0.6) is 0 Å². The lowest BCUT2D eigenvalue weighted by molar-refractivity contribution is 0.0527. The molecular formula is C12H17ClN2O. The van der Waals surface area contributed by atoms with Crippen molar-refractivity contribution in [3.05, 3.63) is 34.9 Å². The van der Waals surface area contributed by atoms with Gasteiger partial charge in [-0.2, -0.15) is 0 Å². The molecule has 1 saturated heterocycles. The van der Waals surface area contributed by atoms with Gasteiger partial charge in [-0.25, -0.2) is 0 Å². The molecule has 0 spiro atoms. The van der Waals surface area contributed by atoms with E-state index in [4.69, 9.17) is 22.1 Å². The number of nitrogens with one attached hydrogen (secondary N) is 1. The van der Waals surface area contributed by atoms with E-state index in [1.807, 2.05) is 24.3 Å². The smallest absolute Gasteiger partial charge is 0.0721 e. The Bertz CT molecular complexity index is 328. The second-order valence-corrected chi connectivity index (χ2v) is 4.57. The van der Waals surface area contributed by atoms with Crippen molar-refractivity contribution in [1.82, 2.24) is 5.32 Å². The molecule has 16 heavy (non-hydrogen) atoms. The van der Waals surface area contributed by atoms with Gasteiger partial charge in [0, 0.05) is 24.2 Å². The summed E-state index contributed by atoms with van der Waals surface area (Å²) in [5.74, 6) is 0. The second kappa shape index (κ2) is 5.64. The summed E-state index contributed by atoms with van der Waals surface area (Å²) in [7, 11) is 0. The maximum Gasteiger partial charge on any atom is 0.0721 e. The van der Waals surface area contributed by atoms with Crippen LogP contribution in [0.3, 0.4) is 0 Å². The lowest BCUT2D eigenvalue weighted by Crippen LogP contribution is -2.29. The van der Waals surface area contributed by atoms with Crippen molar-refractivity contribution in [2.75, 3.05) is 13.1 Å². The predicted octanol–water partition coefficient (Wildman–Crippen LogP) is 1.55. The molecule has 1 aliphatic heterocycles. The zero-order chi connectivity index (χ0) is 11.4. The third-order valence-electron chi connectivity index (χ3n) is 2.87. The normalized spacial score (nSPS) is 24.9. The SMILES string of the molecule is NC[C@@H]1C[C@@H](OCc2ccc(Cl)cc2)CN1. The molecule has 0 radical (unpaired) electrons. The molecule has 3 N–H and O–H groups in total. The molecule has 1 fully saturated rings. The average Bonchev–Trinajstić information content (AvgIpc) is 2.76. The van der Waals surface area contributed by atoms with Gasteiger partial charge in [0.1, 0.15) is 0 Å². The molecule has 2 atom stereocenters. The molecule has 0 bridgehead atoms. The van der Waals surface area contributed by atoms with Crippen LogP contribution in [0.1, 0.15) is 12.0 Å². The number of nitrogens with two attached hydrogens (primary N) is 1. The summed E-state index contributed by atoms with van der Waals surface area (Å²) in [6.45, 7) is 2.22.